The maximum atomic E-state index is 13.4. The van der Waals surface area contributed by atoms with E-state index in [1.807, 2.05) is 0 Å². The zero-order valence-corrected chi connectivity index (χ0v) is 12.3. The highest BCUT2D eigenvalue weighted by Crippen LogP contribution is 2.30. The first kappa shape index (κ1) is 17.6. The van der Waals surface area contributed by atoms with Gasteiger partial charge in [-0.25, -0.2) is 4.39 Å². The molecule has 3 nitrogen and oxygen atoms in total. The summed E-state index contributed by atoms with van der Waals surface area (Å²) in [7, 11) is -1.06. The Balaban J connectivity index is 2.76. The van der Waals surface area contributed by atoms with Crippen molar-refractivity contribution in [3.8, 4) is 0 Å². The first-order valence-electron chi connectivity index (χ1n) is 6.10. The van der Waals surface area contributed by atoms with Crippen LogP contribution < -0.4 is 5.32 Å². The van der Waals surface area contributed by atoms with Crippen LogP contribution in [0, 0.1) is 5.82 Å². The minimum absolute atomic E-state index is 0.106. The highest BCUT2D eigenvalue weighted by atomic mass is 32.2. The fourth-order valence-electron chi connectivity index (χ4n) is 1.53. The van der Waals surface area contributed by atoms with E-state index in [0.717, 1.165) is 0 Å². The Bertz CT molecular complexity index is 545. The molecule has 0 aromatic heterocycles. The molecular weight excluding hydrogens is 310 g/mol. The van der Waals surface area contributed by atoms with Gasteiger partial charge in [-0.3, -0.25) is 9.00 Å². The van der Waals surface area contributed by atoms with E-state index < -0.39 is 39.8 Å². The van der Waals surface area contributed by atoms with Crippen molar-refractivity contribution < 1.29 is 26.6 Å². The Hall–Kier alpha value is -1.44. The molecule has 0 saturated heterocycles. The molecule has 0 spiro atoms. The number of carbonyl (C=O) groups is 1. The van der Waals surface area contributed by atoms with Crippen LogP contribution in [-0.4, -0.2) is 28.2 Å². The standard InChI is InChI=1S/C13H15F4NO2S/c1-8(21(2)20)5-6-18-12(19)10-7-9(13(15,16)17)3-4-11(10)14/h3-4,7-8H,5-6H2,1-2H3,(H,18,19). The Morgan fingerprint density at radius 3 is 2.52 bits per heavy atom. The van der Waals surface area contributed by atoms with E-state index in [-0.39, 0.29) is 11.8 Å². The van der Waals surface area contributed by atoms with Gasteiger partial charge >= 0.3 is 6.18 Å². The quantitative estimate of drug-likeness (QED) is 0.846. The topological polar surface area (TPSA) is 46.2 Å². The Morgan fingerprint density at radius 1 is 1.38 bits per heavy atom. The summed E-state index contributed by atoms with van der Waals surface area (Å²) in [6.07, 6.45) is -2.75. The SMILES string of the molecule is CC(CCNC(=O)c1cc(C(F)(F)F)ccc1F)S(C)=O. The Kier molecular flexibility index (Phi) is 5.88. The third-order valence-electron chi connectivity index (χ3n) is 2.94. The molecule has 0 bridgehead atoms. The average Bonchev–Trinajstić information content (AvgIpc) is 2.37. The lowest BCUT2D eigenvalue weighted by Crippen LogP contribution is -2.28. The Morgan fingerprint density at radius 2 is 2.00 bits per heavy atom. The van der Waals surface area contributed by atoms with E-state index in [0.29, 0.717) is 24.6 Å². The van der Waals surface area contributed by atoms with E-state index >= 15 is 0 Å². The summed E-state index contributed by atoms with van der Waals surface area (Å²) in [4.78, 5) is 11.7. The van der Waals surface area contributed by atoms with Crippen molar-refractivity contribution in [2.24, 2.45) is 0 Å². The van der Waals surface area contributed by atoms with Crippen molar-refractivity contribution in [3.05, 3.63) is 35.1 Å². The summed E-state index contributed by atoms with van der Waals surface area (Å²) >= 11 is 0. The van der Waals surface area contributed by atoms with Crippen LogP contribution in [0.3, 0.4) is 0 Å². The number of halogens is 4. The summed E-state index contributed by atoms with van der Waals surface area (Å²) < 4.78 is 62.1. The zero-order chi connectivity index (χ0) is 16.2. The van der Waals surface area contributed by atoms with Gasteiger partial charge in [-0.2, -0.15) is 13.2 Å². The fraction of sp³-hybridized carbons (Fsp3) is 0.462. The molecule has 0 fully saturated rings. The van der Waals surface area contributed by atoms with Crippen LogP contribution in [0.2, 0.25) is 0 Å². The van der Waals surface area contributed by atoms with Gasteiger partial charge in [0.15, 0.2) is 0 Å². The molecule has 8 heteroatoms. The number of hydrogen-bond acceptors (Lipinski definition) is 2. The minimum Gasteiger partial charge on any atom is -0.352 e. The molecule has 1 N–H and O–H groups in total. The third-order valence-corrected chi connectivity index (χ3v) is 4.31. The minimum atomic E-state index is -4.64. The van der Waals surface area contributed by atoms with Crippen LogP contribution in [0.5, 0.6) is 0 Å². The number of benzene rings is 1. The van der Waals surface area contributed by atoms with E-state index in [2.05, 4.69) is 5.32 Å². The zero-order valence-electron chi connectivity index (χ0n) is 11.5. The lowest BCUT2D eigenvalue weighted by molar-refractivity contribution is -0.137. The number of carbonyl (C=O) groups excluding carboxylic acids is 1. The molecule has 1 aromatic carbocycles. The molecule has 0 radical (unpaired) electrons. The third kappa shape index (κ3) is 5.11. The Labute approximate surface area is 122 Å². The van der Waals surface area contributed by atoms with Gasteiger partial charge in [-0.15, -0.1) is 0 Å². The molecule has 0 heterocycles. The summed E-state index contributed by atoms with van der Waals surface area (Å²) in [6.45, 7) is 1.82. The van der Waals surface area contributed by atoms with Gasteiger partial charge in [0, 0.05) is 28.9 Å². The second-order valence-corrected chi connectivity index (χ2v) is 6.35. The molecule has 1 amide bonds. The van der Waals surface area contributed by atoms with Gasteiger partial charge < -0.3 is 5.32 Å². The van der Waals surface area contributed by atoms with E-state index in [4.69, 9.17) is 0 Å². The van der Waals surface area contributed by atoms with Crippen LogP contribution >= 0.6 is 0 Å². The second kappa shape index (κ2) is 7.02. The number of alkyl halides is 3. The van der Waals surface area contributed by atoms with Crippen molar-refractivity contribution in [1.82, 2.24) is 5.32 Å². The molecule has 118 valence electrons. The van der Waals surface area contributed by atoms with Crippen molar-refractivity contribution in [1.29, 1.82) is 0 Å². The molecule has 0 saturated carbocycles. The molecule has 21 heavy (non-hydrogen) atoms. The van der Waals surface area contributed by atoms with Crippen molar-refractivity contribution in [3.63, 3.8) is 0 Å². The second-order valence-electron chi connectivity index (χ2n) is 4.55. The van der Waals surface area contributed by atoms with Crippen LogP contribution in [0.25, 0.3) is 0 Å². The van der Waals surface area contributed by atoms with E-state index in [1.165, 1.54) is 6.26 Å². The highest BCUT2D eigenvalue weighted by Gasteiger charge is 2.31. The van der Waals surface area contributed by atoms with Crippen molar-refractivity contribution in [2.75, 3.05) is 12.8 Å². The molecule has 0 aliphatic heterocycles. The average molecular weight is 325 g/mol. The van der Waals surface area contributed by atoms with Gasteiger partial charge in [-0.1, -0.05) is 6.92 Å². The molecule has 2 atom stereocenters. The summed E-state index contributed by atoms with van der Waals surface area (Å²) in [5, 5.41) is 2.15. The lowest BCUT2D eigenvalue weighted by atomic mass is 10.1. The van der Waals surface area contributed by atoms with Gasteiger partial charge in [-0.05, 0) is 24.6 Å². The molecule has 1 rings (SSSR count). The molecule has 0 aliphatic carbocycles. The van der Waals surface area contributed by atoms with Crippen LogP contribution in [0.4, 0.5) is 17.6 Å². The van der Waals surface area contributed by atoms with Crippen LogP contribution in [0.1, 0.15) is 29.3 Å². The smallest absolute Gasteiger partial charge is 0.352 e. The number of amides is 1. The first-order chi connectivity index (χ1) is 9.62. The molecule has 1 aromatic rings. The summed E-state index contributed by atoms with van der Waals surface area (Å²) in [5.74, 6) is -1.94. The lowest BCUT2D eigenvalue weighted by Gasteiger charge is -2.11. The van der Waals surface area contributed by atoms with Crippen molar-refractivity contribution in [2.45, 2.75) is 24.8 Å². The number of hydrogen-bond donors (Lipinski definition) is 1. The van der Waals surface area contributed by atoms with E-state index in [1.54, 1.807) is 6.92 Å². The van der Waals surface area contributed by atoms with Gasteiger partial charge in [0.2, 0.25) is 0 Å². The maximum absolute atomic E-state index is 13.4. The summed E-state index contributed by atoms with van der Waals surface area (Å²) in [6, 6.07) is 1.67. The van der Waals surface area contributed by atoms with Crippen LogP contribution in [-0.2, 0) is 17.0 Å². The molecular formula is C13H15F4NO2S. The van der Waals surface area contributed by atoms with Crippen molar-refractivity contribution >= 4 is 16.7 Å². The van der Waals surface area contributed by atoms with E-state index in [9.17, 15) is 26.6 Å². The number of rotatable bonds is 5. The predicted octanol–water partition coefficient (Wildman–Crippen LogP) is 2.73. The molecule has 0 aliphatic rings. The normalized spacial score (nSPS) is 14.6. The summed E-state index contributed by atoms with van der Waals surface area (Å²) in [5.41, 5.74) is -1.74. The fourth-order valence-corrected chi connectivity index (χ4v) is 1.98. The van der Waals surface area contributed by atoms with Gasteiger partial charge in [0.05, 0.1) is 11.1 Å². The van der Waals surface area contributed by atoms with Gasteiger partial charge in [0.1, 0.15) is 5.82 Å². The molecule has 2 unspecified atom stereocenters. The number of nitrogens with one attached hydrogen (secondary N) is 1. The monoisotopic (exact) mass is 325 g/mol. The van der Waals surface area contributed by atoms with Gasteiger partial charge in [0.25, 0.3) is 5.91 Å². The van der Waals surface area contributed by atoms with Crippen LogP contribution in [0.15, 0.2) is 18.2 Å². The highest BCUT2D eigenvalue weighted by molar-refractivity contribution is 7.84. The maximum Gasteiger partial charge on any atom is 0.416 e. The largest absolute Gasteiger partial charge is 0.416 e. The first-order valence-corrected chi connectivity index (χ1v) is 7.72. The predicted molar refractivity (Wildman–Crippen MR) is 71.9 cm³/mol.